The van der Waals surface area contributed by atoms with Crippen LogP contribution in [0.1, 0.15) is 110 Å². The van der Waals surface area contributed by atoms with Gasteiger partial charge in [0, 0.05) is 6.54 Å². The summed E-state index contributed by atoms with van der Waals surface area (Å²) in [4.78, 5) is 24.1. The van der Waals surface area contributed by atoms with E-state index < -0.39 is 0 Å². The van der Waals surface area contributed by atoms with Crippen LogP contribution in [0.4, 0.5) is 4.79 Å². The van der Waals surface area contributed by atoms with E-state index in [1.807, 2.05) is 0 Å². The maximum Gasteiger partial charge on any atom is 0.324 e. The molecule has 1 N–H and O–H groups in total. The second-order valence-corrected chi connectivity index (χ2v) is 7.51. The van der Waals surface area contributed by atoms with Crippen LogP contribution in [-0.4, -0.2) is 29.9 Å². The quantitative estimate of drug-likeness (QED) is 0.266. The molecule has 0 bridgehead atoms. The van der Waals surface area contributed by atoms with Crippen LogP contribution in [0.2, 0.25) is 0 Å². The fourth-order valence-corrected chi connectivity index (χ4v) is 3.50. The van der Waals surface area contributed by atoms with Crippen molar-refractivity contribution in [3.05, 3.63) is 0 Å². The van der Waals surface area contributed by atoms with Crippen molar-refractivity contribution in [1.82, 2.24) is 10.2 Å². The topological polar surface area (TPSA) is 49.4 Å². The SMILES string of the molecule is CCCCCCCCCCCCCCCCCCN1C(=O)CNC1=O. The second-order valence-electron chi connectivity index (χ2n) is 7.51. The van der Waals surface area contributed by atoms with Crippen LogP contribution in [0.15, 0.2) is 0 Å². The zero-order valence-electron chi connectivity index (χ0n) is 16.5. The molecule has 0 aromatic rings. The first-order valence-electron chi connectivity index (χ1n) is 10.8. The van der Waals surface area contributed by atoms with Crippen molar-refractivity contribution in [2.45, 2.75) is 110 Å². The second kappa shape index (κ2) is 15.2. The van der Waals surface area contributed by atoms with Gasteiger partial charge in [0.1, 0.15) is 0 Å². The van der Waals surface area contributed by atoms with Gasteiger partial charge in [-0.15, -0.1) is 0 Å². The Balaban J connectivity index is 1.73. The zero-order valence-corrected chi connectivity index (χ0v) is 16.5. The molecule has 0 radical (unpaired) electrons. The number of imide groups is 1. The van der Waals surface area contributed by atoms with Gasteiger partial charge >= 0.3 is 6.03 Å². The van der Waals surface area contributed by atoms with E-state index in [-0.39, 0.29) is 18.5 Å². The molecule has 146 valence electrons. The molecule has 1 aliphatic heterocycles. The Hall–Kier alpha value is -1.06. The fourth-order valence-electron chi connectivity index (χ4n) is 3.50. The molecule has 0 saturated carbocycles. The molecule has 1 rings (SSSR count). The van der Waals surface area contributed by atoms with Crippen LogP contribution < -0.4 is 5.32 Å². The molecule has 0 unspecified atom stereocenters. The molecule has 4 heteroatoms. The Kier molecular flexibility index (Phi) is 13.4. The number of urea groups is 1. The molecule has 0 spiro atoms. The van der Waals surface area contributed by atoms with Crippen LogP contribution in [0.5, 0.6) is 0 Å². The van der Waals surface area contributed by atoms with Crippen LogP contribution in [0.3, 0.4) is 0 Å². The molecular formula is C21H40N2O2. The van der Waals surface area contributed by atoms with Crippen molar-refractivity contribution < 1.29 is 9.59 Å². The van der Waals surface area contributed by atoms with E-state index >= 15 is 0 Å². The van der Waals surface area contributed by atoms with Gasteiger partial charge in [-0.05, 0) is 6.42 Å². The predicted molar refractivity (Wildman–Crippen MR) is 105 cm³/mol. The summed E-state index contributed by atoms with van der Waals surface area (Å²) < 4.78 is 0. The summed E-state index contributed by atoms with van der Waals surface area (Å²) in [5.74, 6) is -0.0778. The number of nitrogens with zero attached hydrogens (tertiary/aromatic N) is 1. The number of hydrogen-bond acceptors (Lipinski definition) is 2. The van der Waals surface area contributed by atoms with Crippen molar-refractivity contribution >= 4 is 11.9 Å². The monoisotopic (exact) mass is 352 g/mol. The van der Waals surface area contributed by atoms with E-state index in [0.29, 0.717) is 6.54 Å². The average molecular weight is 353 g/mol. The Morgan fingerprint density at radius 3 is 1.44 bits per heavy atom. The Bertz CT molecular complexity index is 342. The first-order chi connectivity index (χ1) is 12.3. The third-order valence-corrected chi connectivity index (χ3v) is 5.17. The Morgan fingerprint density at radius 2 is 1.08 bits per heavy atom. The van der Waals surface area contributed by atoms with Crippen molar-refractivity contribution in [3.63, 3.8) is 0 Å². The van der Waals surface area contributed by atoms with Crippen LogP contribution in [0, 0.1) is 0 Å². The van der Waals surface area contributed by atoms with E-state index in [0.717, 1.165) is 12.8 Å². The normalized spacial score (nSPS) is 14.4. The maximum absolute atomic E-state index is 11.4. The molecule has 0 aromatic carbocycles. The summed E-state index contributed by atoms with van der Waals surface area (Å²) >= 11 is 0. The van der Waals surface area contributed by atoms with Crippen molar-refractivity contribution in [3.8, 4) is 0 Å². The summed E-state index contributed by atoms with van der Waals surface area (Å²) in [5.41, 5.74) is 0. The van der Waals surface area contributed by atoms with Gasteiger partial charge in [0.05, 0.1) is 6.54 Å². The van der Waals surface area contributed by atoms with Crippen molar-refractivity contribution in [2.75, 3.05) is 13.1 Å². The average Bonchev–Trinajstić information content (AvgIpc) is 2.93. The summed E-state index contributed by atoms with van der Waals surface area (Å²) in [6.07, 6.45) is 21.4. The zero-order chi connectivity index (χ0) is 18.2. The molecule has 1 heterocycles. The highest BCUT2D eigenvalue weighted by molar-refractivity contribution is 6.01. The fraction of sp³-hybridized carbons (Fsp3) is 0.905. The molecule has 0 aromatic heterocycles. The Labute approximate surface area is 155 Å². The molecule has 1 fully saturated rings. The summed E-state index contributed by atoms with van der Waals surface area (Å²) in [5, 5.41) is 2.56. The third-order valence-electron chi connectivity index (χ3n) is 5.17. The number of carbonyl (C=O) groups is 2. The first kappa shape index (κ1) is 22.0. The molecule has 1 saturated heterocycles. The summed E-state index contributed by atoms with van der Waals surface area (Å²) in [7, 11) is 0. The lowest BCUT2D eigenvalue weighted by Gasteiger charge is -2.11. The minimum Gasteiger partial charge on any atom is -0.329 e. The van der Waals surface area contributed by atoms with Crippen molar-refractivity contribution in [1.29, 1.82) is 0 Å². The highest BCUT2D eigenvalue weighted by Crippen LogP contribution is 2.14. The predicted octanol–water partition coefficient (Wildman–Crippen LogP) is 5.80. The number of carbonyl (C=O) groups excluding carboxylic acids is 2. The van der Waals surface area contributed by atoms with Gasteiger partial charge in [-0.25, -0.2) is 4.79 Å². The number of rotatable bonds is 17. The lowest BCUT2D eigenvalue weighted by molar-refractivity contribution is -0.125. The number of unbranched alkanes of at least 4 members (excludes halogenated alkanes) is 15. The van der Waals surface area contributed by atoms with Crippen LogP contribution >= 0.6 is 0 Å². The van der Waals surface area contributed by atoms with E-state index in [9.17, 15) is 9.59 Å². The smallest absolute Gasteiger partial charge is 0.324 e. The van der Waals surface area contributed by atoms with E-state index in [2.05, 4.69) is 12.2 Å². The number of nitrogens with one attached hydrogen (secondary N) is 1. The van der Waals surface area contributed by atoms with Crippen molar-refractivity contribution in [2.24, 2.45) is 0 Å². The van der Waals surface area contributed by atoms with E-state index in [1.165, 1.54) is 94.8 Å². The first-order valence-corrected chi connectivity index (χ1v) is 10.8. The largest absolute Gasteiger partial charge is 0.329 e. The van der Waals surface area contributed by atoms with Gasteiger partial charge in [0.25, 0.3) is 0 Å². The minimum atomic E-state index is -0.217. The minimum absolute atomic E-state index is 0.0778. The number of amides is 3. The molecule has 0 aliphatic carbocycles. The van der Waals surface area contributed by atoms with Gasteiger partial charge < -0.3 is 5.32 Å². The van der Waals surface area contributed by atoms with Gasteiger partial charge in [0.2, 0.25) is 5.91 Å². The number of hydrogen-bond donors (Lipinski definition) is 1. The highest BCUT2D eigenvalue weighted by atomic mass is 16.2. The van der Waals surface area contributed by atoms with E-state index in [4.69, 9.17) is 0 Å². The summed E-state index contributed by atoms with van der Waals surface area (Å²) in [6.45, 7) is 3.04. The highest BCUT2D eigenvalue weighted by Gasteiger charge is 2.27. The molecule has 0 atom stereocenters. The molecule has 3 amide bonds. The lowest BCUT2D eigenvalue weighted by Crippen LogP contribution is -2.31. The molecular weight excluding hydrogens is 312 g/mol. The van der Waals surface area contributed by atoms with Gasteiger partial charge in [-0.1, -0.05) is 103 Å². The van der Waals surface area contributed by atoms with Crippen LogP contribution in [-0.2, 0) is 4.79 Å². The third kappa shape index (κ3) is 11.2. The maximum atomic E-state index is 11.4. The van der Waals surface area contributed by atoms with Gasteiger partial charge in [-0.2, -0.15) is 0 Å². The molecule has 25 heavy (non-hydrogen) atoms. The van der Waals surface area contributed by atoms with E-state index in [1.54, 1.807) is 0 Å². The molecule has 1 aliphatic rings. The lowest BCUT2D eigenvalue weighted by atomic mass is 10.0. The van der Waals surface area contributed by atoms with Gasteiger partial charge in [0.15, 0.2) is 0 Å². The Morgan fingerprint density at radius 1 is 0.680 bits per heavy atom. The van der Waals surface area contributed by atoms with Gasteiger partial charge in [-0.3, -0.25) is 9.69 Å². The standard InChI is InChI=1S/C21H40N2O2/c1-2-3-4-5-6-7-8-9-10-11-12-13-14-15-16-17-18-23-20(24)19-22-21(23)25/h2-19H2,1H3,(H,22,25). The summed E-state index contributed by atoms with van der Waals surface area (Å²) in [6, 6.07) is -0.217. The molecule has 4 nitrogen and oxygen atoms in total. The van der Waals surface area contributed by atoms with Crippen LogP contribution in [0.25, 0.3) is 0 Å².